The van der Waals surface area contributed by atoms with Crippen LogP contribution in [0.3, 0.4) is 0 Å². The summed E-state index contributed by atoms with van der Waals surface area (Å²) in [5.74, 6) is 2.21. The van der Waals surface area contributed by atoms with E-state index in [0.717, 1.165) is 62.9 Å². The molecular formula is C31H49O3Si. The first-order valence-corrected chi connectivity index (χ1v) is 16.0. The van der Waals surface area contributed by atoms with Crippen molar-refractivity contribution in [2.75, 3.05) is 0 Å². The molecule has 2 heterocycles. The average Bonchev–Trinajstić information content (AvgIpc) is 3.39. The fourth-order valence-corrected chi connectivity index (χ4v) is 6.00. The van der Waals surface area contributed by atoms with Crippen molar-refractivity contribution in [3.05, 3.63) is 45.6 Å². The molecule has 2 aliphatic rings. The molecule has 1 saturated heterocycles. The Kier molecular flexibility index (Phi) is 9.02. The van der Waals surface area contributed by atoms with Gasteiger partial charge in [0.1, 0.15) is 17.1 Å². The first kappa shape index (κ1) is 28.1. The van der Waals surface area contributed by atoms with Gasteiger partial charge in [0, 0.05) is 5.56 Å². The maximum absolute atomic E-state index is 6.74. The number of ether oxygens (including phenoxy) is 2. The molecule has 1 unspecified atom stereocenters. The van der Waals surface area contributed by atoms with Gasteiger partial charge in [-0.2, -0.15) is 0 Å². The zero-order valence-electron chi connectivity index (χ0n) is 24.1. The van der Waals surface area contributed by atoms with Crippen LogP contribution < -0.4 is 9.16 Å². The molecule has 0 saturated carbocycles. The lowest BCUT2D eigenvalue weighted by molar-refractivity contribution is 0.0559. The highest BCUT2D eigenvalue weighted by atomic mass is 28.3. The van der Waals surface area contributed by atoms with Gasteiger partial charge in [-0.05, 0) is 137 Å². The third kappa shape index (κ3) is 7.26. The number of benzene rings is 1. The maximum atomic E-state index is 6.74. The van der Waals surface area contributed by atoms with Gasteiger partial charge in [0.15, 0.2) is 0 Å². The first-order valence-electron chi connectivity index (χ1n) is 13.6. The van der Waals surface area contributed by atoms with E-state index >= 15 is 0 Å². The van der Waals surface area contributed by atoms with Crippen LogP contribution in [0.15, 0.2) is 23.3 Å². The number of rotatable bonds is 11. The van der Waals surface area contributed by atoms with Crippen LogP contribution in [0.5, 0.6) is 11.5 Å². The van der Waals surface area contributed by atoms with E-state index < -0.39 is 9.04 Å². The molecule has 2 atom stereocenters. The molecule has 0 aromatic heterocycles. The molecule has 1 radical (unpaired) electrons. The SMILES string of the molecule is C/C(=C\CC[C@@]1(C)CCc2c(C)c(O[Si](C)C)c(C)c(C)c2O1)CC/C=C(\C)CCC1OC1(C)C. The highest BCUT2D eigenvalue weighted by molar-refractivity contribution is 6.49. The first-order chi connectivity index (χ1) is 16.3. The monoisotopic (exact) mass is 497 g/mol. The predicted octanol–water partition coefficient (Wildman–Crippen LogP) is 8.74. The lowest BCUT2D eigenvalue weighted by atomic mass is 9.85. The number of fused-ring (bicyclic) bond motifs is 1. The molecule has 0 aliphatic carbocycles. The molecule has 1 aromatic carbocycles. The van der Waals surface area contributed by atoms with Gasteiger partial charge in [0.05, 0.1) is 11.7 Å². The maximum Gasteiger partial charge on any atom is 0.274 e. The smallest absolute Gasteiger partial charge is 0.274 e. The topological polar surface area (TPSA) is 31.0 Å². The summed E-state index contributed by atoms with van der Waals surface area (Å²) < 4.78 is 18.7. The summed E-state index contributed by atoms with van der Waals surface area (Å²) in [6.45, 7) is 22.2. The van der Waals surface area contributed by atoms with Gasteiger partial charge in [-0.3, -0.25) is 0 Å². The van der Waals surface area contributed by atoms with E-state index in [4.69, 9.17) is 13.9 Å². The molecule has 0 spiro atoms. The van der Waals surface area contributed by atoms with E-state index in [1.54, 1.807) is 0 Å². The van der Waals surface area contributed by atoms with Crippen LogP contribution >= 0.6 is 0 Å². The van der Waals surface area contributed by atoms with Crippen LogP contribution in [0, 0.1) is 20.8 Å². The Hall–Kier alpha value is -1.52. The van der Waals surface area contributed by atoms with Crippen LogP contribution in [0.25, 0.3) is 0 Å². The van der Waals surface area contributed by atoms with E-state index in [2.05, 4.69) is 80.6 Å². The Morgan fingerprint density at radius 3 is 2.23 bits per heavy atom. The molecule has 3 rings (SSSR count). The minimum absolute atomic E-state index is 0.102. The standard InChI is InChI=1S/C31H49O3Si/c1-21(13-11-14-22(2)16-17-27-30(6,7)32-27)15-12-19-31(8)20-18-26-25(5)28(34-35(9)10)23(3)24(4)29(26)33-31/h14-15,27H,11-13,16-20H2,1-10H3/b21-15+,22-14+/t27?,31-/m0/s1. The molecule has 3 nitrogen and oxygen atoms in total. The van der Waals surface area contributed by atoms with E-state index in [1.807, 2.05) is 0 Å². The molecule has 1 aromatic rings. The van der Waals surface area contributed by atoms with Crippen molar-refractivity contribution >= 4 is 9.04 Å². The van der Waals surface area contributed by atoms with Crippen molar-refractivity contribution in [1.29, 1.82) is 0 Å². The van der Waals surface area contributed by atoms with Crippen molar-refractivity contribution < 1.29 is 13.9 Å². The van der Waals surface area contributed by atoms with E-state index in [-0.39, 0.29) is 11.2 Å². The van der Waals surface area contributed by atoms with Crippen molar-refractivity contribution in [1.82, 2.24) is 0 Å². The summed E-state index contributed by atoms with van der Waals surface area (Å²) in [4.78, 5) is 0. The molecule has 0 amide bonds. The fourth-order valence-electron chi connectivity index (χ4n) is 5.29. The highest BCUT2D eigenvalue weighted by Crippen LogP contribution is 2.45. The number of allylic oxidation sites excluding steroid dienone is 4. The largest absolute Gasteiger partial charge is 0.542 e. The Labute approximate surface area is 217 Å². The van der Waals surface area contributed by atoms with Gasteiger partial charge in [-0.15, -0.1) is 0 Å². The van der Waals surface area contributed by atoms with Gasteiger partial charge in [-0.1, -0.05) is 23.3 Å². The Balaban J connectivity index is 1.51. The van der Waals surface area contributed by atoms with Gasteiger partial charge in [0.25, 0.3) is 9.04 Å². The minimum Gasteiger partial charge on any atom is -0.542 e. The Morgan fingerprint density at radius 1 is 0.971 bits per heavy atom. The zero-order chi connectivity index (χ0) is 26.0. The summed E-state index contributed by atoms with van der Waals surface area (Å²) in [6.07, 6.45) is 14.1. The summed E-state index contributed by atoms with van der Waals surface area (Å²) >= 11 is 0. The van der Waals surface area contributed by atoms with Crippen molar-refractivity contribution in [3.63, 3.8) is 0 Å². The molecule has 0 N–H and O–H groups in total. The fraction of sp³-hybridized carbons (Fsp3) is 0.677. The normalized spacial score (nSPS) is 23.8. The second-order valence-corrected chi connectivity index (χ2v) is 14.0. The highest BCUT2D eigenvalue weighted by Gasteiger charge is 2.46. The van der Waals surface area contributed by atoms with Crippen LogP contribution in [-0.4, -0.2) is 26.3 Å². The van der Waals surface area contributed by atoms with Crippen LogP contribution in [0.4, 0.5) is 0 Å². The van der Waals surface area contributed by atoms with Gasteiger partial charge in [-0.25, -0.2) is 0 Å². The van der Waals surface area contributed by atoms with Crippen LogP contribution in [-0.2, 0) is 11.2 Å². The van der Waals surface area contributed by atoms with Gasteiger partial charge >= 0.3 is 0 Å². The lowest BCUT2D eigenvalue weighted by Crippen LogP contribution is -2.37. The predicted molar refractivity (Wildman–Crippen MR) is 150 cm³/mol. The van der Waals surface area contributed by atoms with Crippen molar-refractivity contribution in [2.24, 2.45) is 0 Å². The number of hydrogen-bond donors (Lipinski definition) is 0. The van der Waals surface area contributed by atoms with Crippen LogP contribution in [0.2, 0.25) is 13.1 Å². The minimum atomic E-state index is -0.792. The van der Waals surface area contributed by atoms with Gasteiger partial charge < -0.3 is 13.9 Å². The molecule has 1 fully saturated rings. The molecule has 35 heavy (non-hydrogen) atoms. The Morgan fingerprint density at radius 2 is 1.60 bits per heavy atom. The second-order valence-electron chi connectivity index (χ2n) is 12.0. The van der Waals surface area contributed by atoms with E-state index in [1.165, 1.54) is 33.4 Å². The summed E-state index contributed by atoms with van der Waals surface area (Å²) in [5.41, 5.74) is 8.12. The van der Waals surface area contributed by atoms with E-state index in [0.29, 0.717) is 6.10 Å². The van der Waals surface area contributed by atoms with Crippen LogP contribution in [0.1, 0.15) is 102 Å². The summed E-state index contributed by atoms with van der Waals surface area (Å²) in [6, 6.07) is 0. The second kappa shape index (κ2) is 11.3. The van der Waals surface area contributed by atoms with Gasteiger partial charge in [0.2, 0.25) is 0 Å². The quantitative estimate of drug-likeness (QED) is 0.174. The Bertz CT molecular complexity index is 972. The number of hydrogen-bond acceptors (Lipinski definition) is 3. The third-order valence-electron chi connectivity index (χ3n) is 8.03. The van der Waals surface area contributed by atoms with E-state index in [9.17, 15) is 0 Å². The molecule has 0 bridgehead atoms. The summed E-state index contributed by atoms with van der Waals surface area (Å²) in [7, 11) is -0.792. The average molecular weight is 498 g/mol. The van der Waals surface area contributed by atoms with Crippen molar-refractivity contribution in [3.8, 4) is 11.5 Å². The lowest BCUT2D eigenvalue weighted by Gasteiger charge is -2.38. The summed E-state index contributed by atoms with van der Waals surface area (Å²) in [5, 5.41) is 0. The molecular weight excluding hydrogens is 448 g/mol. The molecule has 4 heteroatoms. The molecule has 2 aliphatic heterocycles. The van der Waals surface area contributed by atoms with Crippen molar-refractivity contribution in [2.45, 2.75) is 137 Å². The third-order valence-corrected chi connectivity index (χ3v) is 8.64. The molecule has 195 valence electrons. The number of epoxide rings is 1. The zero-order valence-corrected chi connectivity index (χ0v) is 25.1.